The van der Waals surface area contributed by atoms with Crippen molar-refractivity contribution >= 4 is 0 Å². The fourth-order valence-electron chi connectivity index (χ4n) is 1.62. The molecule has 1 aliphatic heterocycles. The molecule has 0 amide bonds. The molecular formula is C8H13N3O3. The molecular weight excluding hydrogens is 186 g/mol. The molecule has 6 nitrogen and oxygen atoms in total. The molecule has 0 aliphatic carbocycles. The number of rotatable bonds is 2. The van der Waals surface area contributed by atoms with Crippen LogP contribution in [-0.4, -0.2) is 45.0 Å². The molecule has 0 spiro atoms. The Hall–Kier alpha value is -0.950. The highest BCUT2D eigenvalue weighted by Gasteiger charge is 2.43. The van der Waals surface area contributed by atoms with E-state index in [9.17, 15) is 10.2 Å². The van der Waals surface area contributed by atoms with E-state index in [-0.39, 0.29) is 6.54 Å². The monoisotopic (exact) mass is 199 g/mol. The lowest BCUT2D eigenvalue weighted by atomic mass is 10.1. The molecule has 0 bridgehead atoms. The van der Waals surface area contributed by atoms with Crippen molar-refractivity contribution in [2.75, 3.05) is 6.54 Å². The molecule has 78 valence electrons. The second kappa shape index (κ2) is 3.66. The van der Waals surface area contributed by atoms with Crippen molar-refractivity contribution in [3.8, 4) is 0 Å². The van der Waals surface area contributed by atoms with Crippen molar-refractivity contribution in [1.29, 1.82) is 0 Å². The van der Waals surface area contributed by atoms with E-state index in [1.54, 1.807) is 6.20 Å². The highest BCUT2D eigenvalue weighted by atomic mass is 16.5. The average molecular weight is 199 g/mol. The number of nitrogens with one attached hydrogen (secondary N) is 1. The number of imidazole rings is 1. The second-order valence-electron chi connectivity index (χ2n) is 3.32. The zero-order valence-corrected chi connectivity index (χ0v) is 7.50. The van der Waals surface area contributed by atoms with Gasteiger partial charge in [0.2, 0.25) is 0 Å². The summed E-state index contributed by atoms with van der Waals surface area (Å²) in [7, 11) is 0. The van der Waals surface area contributed by atoms with Gasteiger partial charge >= 0.3 is 0 Å². The van der Waals surface area contributed by atoms with E-state index in [1.165, 1.54) is 6.33 Å². The molecule has 4 atom stereocenters. The lowest BCUT2D eigenvalue weighted by Crippen LogP contribution is -2.35. The highest BCUT2D eigenvalue weighted by Crippen LogP contribution is 2.31. The number of hydrogen-bond acceptors (Lipinski definition) is 5. The van der Waals surface area contributed by atoms with Crippen LogP contribution in [0.1, 0.15) is 11.8 Å². The van der Waals surface area contributed by atoms with Crippen LogP contribution in [0.4, 0.5) is 0 Å². The molecule has 5 N–H and O–H groups in total. The minimum Gasteiger partial charge on any atom is -0.388 e. The summed E-state index contributed by atoms with van der Waals surface area (Å²) >= 11 is 0. The summed E-state index contributed by atoms with van der Waals surface area (Å²) < 4.78 is 5.38. The molecule has 1 aromatic heterocycles. The van der Waals surface area contributed by atoms with Gasteiger partial charge in [-0.25, -0.2) is 4.98 Å². The quantitative estimate of drug-likeness (QED) is 0.465. The number of H-pyrrole nitrogens is 1. The van der Waals surface area contributed by atoms with Crippen LogP contribution in [0.5, 0.6) is 0 Å². The first-order valence-corrected chi connectivity index (χ1v) is 4.44. The van der Waals surface area contributed by atoms with Gasteiger partial charge in [-0.15, -0.1) is 0 Å². The predicted molar refractivity (Wildman–Crippen MR) is 47.3 cm³/mol. The van der Waals surface area contributed by atoms with Gasteiger partial charge < -0.3 is 25.7 Å². The molecule has 14 heavy (non-hydrogen) atoms. The summed E-state index contributed by atoms with van der Waals surface area (Å²) in [6.45, 7) is 0.183. The van der Waals surface area contributed by atoms with Crippen LogP contribution in [0.25, 0.3) is 0 Å². The Balaban J connectivity index is 2.16. The summed E-state index contributed by atoms with van der Waals surface area (Å²) in [6, 6.07) is 0. The summed E-state index contributed by atoms with van der Waals surface area (Å²) in [5.74, 6) is 0. The van der Waals surface area contributed by atoms with E-state index >= 15 is 0 Å². The SMILES string of the molecule is NC[C@H]1O[C@@H](c2cnc[nH]2)[C@H](O)[C@@H]1O. The molecule has 6 heteroatoms. The van der Waals surface area contributed by atoms with E-state index in [2.05, 4.69) is 9.97 Å². The molecule has 0 unspecified atom stereocenters. The topological polar surface area (TPSA) is 104 Å². The molecule has 2 heterocycles. The Morgan fingerprint density at radius 3 is 2.79 bits per heavy atom. The van der Waals surface area contributed by atoms with E-state index in [0.29, 0.717) is 5.69 Å². The van der Waals surface area contributed by atoms with Gasteiger partial charge in [0.15, 0.2) is 0 Å². The average Bonchev–Trinajstić information content (AvgIpc) is 2.78. The Kier molecular flexibility index (Phi) is 2.51. The molecule has 0 aromatic carbocycles. The van der Waals surface area contributed by atoms with Gasteiger partial charge in [0.1, 0.15) is 18.3 Å². The van der Waals surface area contributed by atoms with E-state index in [0.717, 1.165) is 0 Å². The van der Waals surface area contributed by atoms with Crippen molar-refractivity contribution in [2.45, 2.75) is 24.4 Å². The number of ether oxygens (including phenoxy) is 1. The molecule has 1 aromatic rings. The molecule has 0 radical (unpaired) electrons. The van der Waals surface area contributed by atoms with Crippen LogP contribution in [0.3, 0.4) is 0 Å². The molecule has 1 aliphatic rings. The van der Waals surface area contributed by atoms with Crippen LogP contribution in [-0.2, 0) is 4.74 Å². The predicted octanol–water partition coefficient (Wildman–Crippen LogP) is -1.47. The van der Waals surface area contributed by atoms with Crippen LogP contribution >= 0.6 is 0 Å². The lowest BCUT2D eigenvalue weighted by Gasteiger charge is -2.11. The van der Waals surface area contributed by atoms with Gasteiger partial charge in [0.25, 0.3) is 0 Å². The minimum atomic E-state index is -0.955. The lowest BCUT2D eigenvalue weighted by molar-refractivity contribution is 0.00933. The number of nitrogens with zero attached hydrogens (tertiary/aromatic N) is 1. The number of nitrogens with two attached hydrogens (primary N) is 1. The third-order valence-corrected chi connectivity index (χ3v) is 2.42. The molecule has 1 saturated heterocycles. The van der Waals surface area contributed by atoms with Crippen molar-refractivity contribution in [2.24, 2.45) is 5.73 Å². The highest BCUT2D eigenvalue weighted by molar-refractivity contribution is 5.07. The Morgan fingerprint density at radius 2 is 2.29 bits per heavy atom. The number of aromatic amines is 1. The van der Waals surface area contributed by atoms with E-state index in [1.807, 2.05) is 0 Å². The second-order valence-corrected chi connectivity index (χ2v) is 3.32. The zero-order valence-electron chi connectivity index (χ0n) is 7.50. The van der Waals surface area contributed by atoms with Crippen LogP contribution in [0.2, 0.25) is 0 Å². The van der Waals surface area contributed by atoms with Crippen molar-refractivity contribution < 1.29 is 14.9 Å². The zero-order chi connectivity index (χ0) is 10.1. The molecule has 1 fully saturated rings. The van der Waals surface area contributed by atoms with Crippen LogP contribution in [0, 0.1) is 0 Å². The Bertz CT molecular complexity index is 290. The van der Waals surface area contributed by atoms with Gasteiger partial charge in [0, 0.05) is 6.54 Å². The maximum atomic E-state index is 9.65. The van der Waals surface area contributed by atoms with Crippen molar-refractivity contribution in [1.82, 2.24) is 9.97 Å². The van der Waals surface area contributed by atoms with Gasteiger partial charge in [0.05, 0.1) is 24.3 Å². The first kappa shape index (κ1) is 9.60. The van der Waals surface area contributed by atoms with Gasteiger partial charge in [-0.05, 0) is 0 Å². The first-order valence-electron chi connectivity index (χ1n) is 4.44. The maximum Gasteiger partial charge on any atom is 0.128 e. The van der Waals surface area contributed by atoms with Crippen LogP contribution < -0.4 is 5.73 Å². The number of aromatic nitrogens is 2. The maximum absolute atomic E-state index is 9.65. The molecule has 0 saturated carbocycles. The Labute approximate surface area is 80.7 Å². The smallest absolute Gasteiger partial charge is 0.128 e. The normalized spacial score (nSPS) is 37.6. The van der Waals surface area contributed by atoms with Gasteiger partial charge in [-0.3, -0.25) is 0 Å². The summed E-state index contributed by atoms with van der Waals surface area (Å²) in [5, 5.41) is 19.2. The number of aliphatic hydroxyl groups excluding tert-OH is 2. The van der Waals surface area contributed by atoms with Gasteiger partial charge in [-0.2, -0.15) is 0 Å². The number of aliphatic hydroxyl groups is 2. The number of hydrogen-bond donors (Lipinski definition) is 4. The summed E-state index contributed by atoms with van der Waals surface area (Å²) in [5.41, 5.74) is 6.03. The van der Waals surface area contributed by atoms with Crippen molar-refractivity contribution in [3.63, 3.8) is 0 Å². The van der Waals surface area contributed by atoms with Crippen LogP contribution in [0.15, 0.2) is 12.5 Å². The molecule has 2 rings (SSSR count). The van der Waals surface area contributed by atoms with E-state index < -0.39 is 24.4 Å². The van der Waals surface area contributed by atoms with E-state index in [4.69, 9.17) is 10.5 Å². The minimum absolute atomic E-state index is 0.183. The largest absolute Gasteiger partial charge is 0.388 e. The summed E-state index contributed by atoms with van der Waals surface area (Å²) in [6.07, 6.45) is 0.0734. The fraction of sp³-hybridized carbons (Fsp3) is 0.625. The summed E-state index contributed by atoms with van der Waals surface area (Å²) in [4.78, 5) is 6.64. The third kappa shape index (κ3) is 1.42. The van der Waals surface area contributed by atoms with Gasteiger partial charge in [-0.1, -0.05) is 0 Å². The first-order chi connectivity index (χ1) is 6.74. The third-order valence-electron chi connectivity index (χ3n) is 2.42. The fourth-order valence-corrected chi connectivity index (χ4v) is 1.62. The van der Waals surface area contributed by atoms with Crippen molar-refractivity contribution in [3.05, 3.63) is 18.2 Å². The Morgan fingerprint density at radius 1 is 1.50 bits per heavy atom. The standard InChI is InChI=1S/C8H13N3O3/c9-1-5-6(12)7(13)8(14-5)4-2-10-3-11-4/h2-3,5-8,12-13H,1,9H2,(H,10,11)/t5-,6-,7-,8+/m1/s1.